The summed E-state index contributed by atoms with van der Waals surface area (Å²) in [5.41, 5.74) is 7.05. The Labute approximate surface area is 208 Å². The van der Waals surface area contributed by atoms with Crippen LogP contribution in [0.3, 0.4) is 0 Å². The molecule has 1 aliphatic heterocycles. The van der Waals surface area contributed by atoms with Crippen molar-refractivity contribution in [3.8, 4) is 11.5 Å². The summed E-state index contributed by atoms with van der Waals surface area (Å²) >= 11 is 2.11. The van der Waals surface area contributed by atoms with Crippen LogP contribution in [0.1, 0.15) is 47.6 Å². The molecule has 0 unspecified atom stereocenters. The summed E-state index contributed by atoms with van der Waals surface area (Å²) in [4.78, 5) is 4.65. The number of phenols is 1. The molecule has 3 aromatic carbocycles. The lowest BCUT2D eigenvalue weighted by atomic mass is 9.76. The predicted octanol–water partition coefficient (Wildman–Crippen LogP) is 7.28. The molecule has 33 heavy (non-hydrogen) atoms. The van der Waals surface area contributed by atoms with E-state index < -0.39 is 0 Å². The highest BCUT2D eigenvalue weighted by molar-refractivity contribution is 14.1. The average Bonchev–Trinajstić information content (AvgIpc) is 3.31. The smallest absolute Gasteiger partial charge is 0.171 e. The normalized spacial score (nSPS) is 21.0. The highest BCUT2D eigenvalue weighted by Crippen LogP contribution is 2.50. The number of anilines is 1. The van der Waals surface area contributed by atoms with E-state index in [4.69, 9.17) is 4.74 Å². The Bertz CT molecular complexity index is 1230. The summed E-state index contributed by atoms with van der Waals surface area (Å²) in [7, 11) is 0. The first-order valence-electron chi connectivity index (χ1n) is 11.4. The van der Waals surface area contributed by atoms with Crippen molar-refractivity contribution in [2.45, 2.75) is 32.2 Å². The first-order valence-corrected chi connectivity index (χ1v) is 12.4. The molecule has 4 nitrogen and oxygen atoms in total. The molecule has 0 aromatic heterocycles. The maximum atomic E-state index is 10.1. The van der Waals surface area contributed by atoms with Crippen LogP contribution in [0.5, 0.6) is 11.5 Å². The molecule has 0 amide bonds. The Kier molecular flexibility index (Phi) is 6.15. The molecule has 5 rings (SSSR count). The third-order valence-corrected chi connectivity index (χ3v) is 7.31. The summed E-state index contributed by atoms with van der Waals surface area (Å²) in [5, 5.41) is 13.9. The van der Waals surface area contributed by atoms with Crippen LogP contribution in [0, 0.1) is 16.4 Å². The van der Waals surface area contributed by atoms with Gasteiger partial charge in [0.1, 0.15) is 0 Å². The van der Waals surface area contributed by atoms with E-state index in [9.17, 15) is 5.11 Å². The van der Waals surface area contributed by atoms with Crippen LogP contribution >= 0.6 is 22.6 Å². The van der Waals surface area contributed by atoms with Crippen LogP contribution in [-0.4, -0.2) is 17.9 Å². The molecule has 0 saturated carbocycles. The van der Waals surface area contributed by atoms with Crippen LogP contribution < -0.4 is 10.1 Å². The fourth-order valence-electron chi connectivity index (χ4n) is 4.89. The van der Waals surface area contributed by atoms with Crippen molar-refractivity contribution in [3.63, 3.8) is 0 Å². The SMILES string of the molecule is CCOc1cc(C=Nc2ccc([C@@H]3Nc4ccc(C)cc4[C@@H]4C=CC[C@H]43)cc2)cc(I)c1O. The summed E-state index contributed by atoms with van der Waals surface area (Å²) in [6.07, 6.45) is 7.62. The van der Waals surface area contributed by atoms with Gasteiger partial charge in [0.05, 0.1) is 21.9 Å². The lowest BCUT2D eigenvalue weighted by Gasteiger charge is -2.37. The number of hydrogen-bond acceptors (Lipinski definition) is 4. The molecule has 3 atom stereocenters. The van der Waals surface area contributed by atoms with E-state index in [0.717, 1.165) is 21.2 Å². The Morgan fingerprint density at radius 1 is 1.15 bits per heavy atom. The molecule has 0 spiro atoms. The van der Waals surface area contributed by atoms with Crippen molar-refractivity contribution in [2.75, 3.05) is 11.9 Å². The first-order chi connectivity index (χ1) is 16.0. The van der Waals surface area contributed by atoms with Gasteiger partial charge >= 0.3 is 0 Å². The molecule has 168 valence electrons. The number of allylic oxidation sites excluding steroid dienone is 2. The molecule has 2 N–H and O–H groups in total. The van der Waals surface area contributed by atoms with Gasteiger partial charge in [-0.3, -0.25) is 4.99 Å². The number of nitrogens with one attached hydrogen (secondary N) is 1. The van der Waals surface area contributed by atoms with Crippen molar-refractivity contribution in [1.29, 1.82) is 0 Å². The van der Waals surface area contributed by atoms with E-state index in [2.05, 4.69) is 94.4 Å². The van der Waals surface area contributed by atoms with Crippen molar-refractivity contribution in [1.82, 2.24) is 0 Å². The number of phenolic OH excluding ortho intramolecular Hbond substituents is 1. The van der Waals surface area contributed by atoms with Gasteiger partial charge in [-0.15, -0.1) is 0 Å². The molecule has 0 bridgehead atoms. The molecule has 0 saturated heterocycles. The molecule has 1 aliphatic carbocycles. The molecular weight excluding hydrogens is 523 g/mol. The first kappa shape index (κ1) is 22.0. The van der Waals surface area contributed by atoms with Gasteiger partial charge in [0.2, 0.25) is 0 Å². The van der Waals surface area contributed by atoms with E-state index in [1.165, 1.54) is 22.4 Å². The van der Waals surface area contributed by atoms with Crippen LogP contribution in [-0.2, 0) is 0 Å². The van der Waals surface area contributed by atoms with Crippen LogP contribution in [0.25, 0.3) is 0 Å². The number of nitrogens with zero attached hydrogens (tertiary/aromatic N) is 1. The molecule has 2 aliphatic rings. The topological polar surface area (TPSA) is 53.8 Å². The number of benzene rings is 3. The number of halogens is 1. The lowest BCUT2D eigenvalue weighted by Crippen LogP contribution is -2.29. The number of fused-ring (bicyclic) bond motifs is 3. The van der Waals surface area contributed by atoms with Gasteiger partial charge in [0.25, 0.3) is 0 Å². The molecule has 3 aromatic rings. The number of aryl methyl sites for hydroxylation is 1. The zero-order valence-corrected chi connectivity index (χ0v) is 20.9. The average molecular weight is 550 g/mol. The second-order valence-corrected chi connectivity index (χ2v) is 9.86. The summed E-state index contributed by atoms with van der Waals surface area (Å²) < 4.78 is 6.27. The van der Waals surface area contributed by atoms with Crippen LogP contribution in [0.4, 0.5) is 11.4 Å². The summed E-state index contributed by atoms with van der Waals surface area (Å²) in [6, 6.07) is 19.2. The molecular formula is C28H27IN2O2. The van der Waals surface area contributed by atoms with E-state index in [0.29, 0.717) is 24.2 Å². The zero-order valence-electron chi connectivity index (χ0n) is 18.8. The van der Waals surface area contributed by atoms with Gasteiger partial charge in [-0.1, -0.05) is 42.0 Å². The van der Waals surface area contributed by atoms with Crippen LogP contribution in [0.2, 0.25) is 0 Å². The minimum Gasteiger partial charge on any atom is -0.504 e. The lowest BCUT2D eigenvalue weighted by molar-refractivity contribution is 0.317. The summed E-state index contributed by atoms with van der Waals surface area (Å²) in [5.74, 6) is 1.67. The third-order valence-electron chi connectivity index (χ3n) is 6.48. The Hall–Kier alpha value is -2.80. The van der Waals surface area contributed by atoms with Gasteiger partial charge in [-0.25, -0.2) is 0 Å². The second-order valence-electron chi connectivity index (χ2n) is 8.70. The fraction of sp³-hybridized carbons (Fsp3) is 0.250. The van der Waals surface area contributed by atoms with E-state index >= 15 is 0 Å². The quantitative estimate of drug-likeness (QED) is 0.200. The van der Waals surface area contributed by atoms with Crippen molar-refractivity contribution >= 4 is 40.2 Å². The van der Waals surface area contributed by atoms with Gasteiger partial charge in [0.15, 0.2) is 11.5 Å². The maximum Gasteiger partial charge on any atom is 0.171 e. The zero-order chi connectivity index (χ0) is 22.9. The van der Waals surface area contributed by atoms with E-state index in [1.807, 2.05) is 25.3 Å². The minimum absolute atomic E-state index is 0.176. The van der Waals surface area contributed by atoms with Crippen molar-refractivity contribution in [2.24, 2.45) is 10.9 Å². The second kappa shape index (κ2) is 9.21. The number of ether oxygens (including phenoxy) is 1. The maximum absolute atomic E-state index is 10.1. The van der Waals surface area contributed by atoms with Gasteiger partial charge in [-0.2, -0.15) is 0 Å². The molecule has 1 heterocycles. The highest BCUT2D eigenvalue weighted by atomic mass is 127. The van der Waals surface area contributed by atoms with Crippen molar-refractivity contribution < 1.29 is 9.84 Å². The van der Waals surface area contributed by atoms with Crippen molar-refractivity contribution in [3.05, 3.63) is 92.6 Å². The molecule has 5 heteroatoms. The van der Waals surface area contributed by atoms with Gasteiger partial charge in [0, 0.05) is 17.8 Å². The predicted molar refractivity (Wildman–Crippen MR) is 143 cm³/mol. The number of hydrogen-bond donors (Lipinski definition) is 2. The largest absolute Gasteiger partial charge is 0.504 e. The van der Waals surface area contributed by atoms with Gasteiger partial charge in [-0.05, 0) is 95.8 Å². The molecule has 0 fully saturated rings. The minimum atomic E-state index is 0.176. The van der Waals surface area contributed by atoms with Gasteiger partial charge < -0.3 is 15.2 Å². The van der Waals surface area contributed by atoms with E-state index in [-0.39, 0.29) is 11.8 Å². The monoisotopic (exact) mass is 550 g/mol. The van der Waals surface area contributed by atoms with Crippen LogP contribution in [0.15, 0.2) is 71.7 Å². The Morgan fingerprint density at radius 3 is 2.76 bits per heavy atom. The highest BCUT2D eigenvalue weighted by Gasteiger charge is 2.37. The molecule has 0 radical (unpaired) electrons. The Balaban J connectivity index is 1.37. The number of rotatable bonds is 5. The third kappa shape index (κ3) is 4.38. The number of aliphatic imine (C=N–C) groups is 1. The Morgan fingerprint density at radius 2 is 1.97 bits per heavy atom. The summed E-state index contributed by atoms with van der Waals surface area (Å²) in [6.45, 7) is 4.57. The number of aromatic hydroxyl groups is 1. The standard InChI is InChI=1S/C28H27IN2O2/c1-3-33-26-15-18(14-24(29)28(26)32)16-30-20-10-8-19(9-11-20)27-22-6-4-5-21(22)23-13-17(2)7-12-25(23)31-27/h4-5,7-16,21-22,27,31-32H,3,6H2,1-2H3/t21-,22-,27+/m1/s1. The van der Waals surface area contributed by atoms with E-state index in [1.54, 1.807) is 0 Å². The fourth-order valence-corrected chi connectivity index (χ4v) is 5.52.